The normalized spacial score (nSPS) is 13.5. The molecule has 0 saturated carbocycles. The summed E-state index contributed by atoms with van der Waals surface area (Å²) in [5, 5.41) is 7.87. The molecule has 1 N–H and O–H groups in total. The summed E-state index contributed by atoms with van der Waals surface area (Å²) in [6.07, 6.45) is 1.38. The lowest BCUT2D eigenvalue weighted by Crippen LogP contribution is -2.50. The number of aryl methyl sites for hydroxylation is 2. The van der Waals surface area contributed by atoms with Gasteiger partial charge in [0.25, 0.3) is 5.56 Å². The first-order valence-electron chi connectivity index (χ1n) is 12.6. The molecule has 3 heterocycles. The van der Waals surface area contributed by atoms with Gasteiger partial charge in [0.1, 0.15) is 17.9 Å². The van der Waals surface area contributed by atoms with E-state index in [-0.39, 0.29) is 24.0 Å². The van der Waals surface area contributed by atoms with Gasteiger partial charge in [-0.2, -0.15) is 0 Å². The number of fused-ring (bicyclic) bond motifs is 1. The maximum atomic E-state index is 13.3. The molecule has 11 nitrogen and oxygen atoms in total. The maximum absolute atomic E-state index is 13.3. The van der Waals surface area contributed by atoms with Crippen molar-refractivity contribution in [2.24, 2.45) is 0 Å². The van der Waals surface area contributed by atoms with Crippen molar-refractivity contribution >= 4 is 63.1 Å². The molecule has 13 heteroatoms. The summed E-state index contributed by atoms with van der Waals surface area (Å²) in [7, 11) is 1.60. The molecule has 0 aliphatic carbocycles. The van der Waals surface area contributed by atoms with E-state index in [2.05, 4.69) is 20.4 Å². The van der Waals surface area contributed by atoms with Gasteiger partial charge in [-0.15, -0.1) is 0 Å². The minimum absolute atomic E-state index is 0.193. The Morgan fingerprint density at radius 1 is 1.05 bits per heavy atom. The predicted octanol–water partition coefficient (Wildman–Crippen LogP) is 4.33. The van der Waals surface area contributed by atoms with Crippen LogP contribution in [0.15, 0.2) is 52.0 Å². The maximum Gasteiger partial charge on any atom is 0.322 e. The molecule has 3 amide bonds. The fourth-order valence-electron chi connectivity index (χ4n) is 4.56. The van der Waals surface area contributed by atoms with Gasteiger partial charge < -0.3 is 24.5 Å². The van der Waals surface area contributed by atoms with Crippen LogP contribution in [0.4, 0.5) is 21.9 Å². The molecular weight excluding hydrogens is 557 g/mol. The van der Waals surface area contributed by atoms with Gasteiger partial charge in [0, 0.05) is 44.6 Å². The fourth-order valence-corrected chi connectivity index (χ4v) is 4.85. The Balaban J connectivity index is 1.28. The van der Waals surface area contributed by atoms with Crippen LogP contribution in [0.3, 0.4) is 0 Å². The molecule has 1 aliphatic heterocycles. The van der Waals surface area contributed by atoms with Crippen LogP contribution >= 0.6 is 23.2 Å². The first-order valence-corrected chi connectivity index (χ1v) is 13.3. The average Bonchev–Trinajstić information content (AvgIpc) is 3.27. The Bertz CT molecular complexity index is 1640. The molecule has 0 spiro atoms. The predicted molar refractivity (Wildman–Crippen MR) is 155 cm³/mol. The Hall–Kier alpha value is -4.09. The van der Waals surface area contributed by atoms with E-state index < -0.39 is 0 Å². The van der Waals surface area contributed by atoms with Gasteiger partial charge in [0.05, 0.1) is 27.3 Å². The highest BCUT2D eigenvalue weighted by Crippen LogP contribution is 2.27. The summed E-state index contributed by atoms with van der Waals surface area (Å²) in [5.41, 5.74) is 2.83. The quantitative estimate of drug-likeness (QED) is 0.371. The number of urea groups is 1. The van der Waals surface area contributed by atoms with Crippen LogP contribution in [0, 0.1) is 13.8 Å². The van der Waals surface area contributed by atoms with E-state index in [1.54, 1.807) is 56.1 Å². The van der Waals surface area contributed by atoms with Gasteiger partial charge in [-0.25, -0.2) is 9.78 Å². The number of piperazine rings is 1. The number of aromatic nitrogens is 3. The van der Waals surface area contributed by atoms with Crippen LogP contribution in [0.25, 0.3) is 10.9 Å². The summed E-state index contributed by atoms with van der Waals surface area (Å²) >= 11 is 12.1. The minimum Gasteiger partial charge on any atom is -0.368 e. The molecule has 2 aromatic carbocycles. The monoisotopic (exact) mass is 583 g/mol. The molecule has 40 heavy (non-hydrogen) atoms. The number of hydrogen-bond donors (Lipinski definition) is 1. The van der Waals surface area contributed by atoms with Crippen molar-refractivity contribution in [3.63, 3.8) is 0 Å². The molecule has 0 unspecified atom stereocenters. The standard InChI is InChI=1S/C27H27Cl2N7O4/c1-16-25(17(2)40-32-16)31-27(39)35-10-8-34(9-11-35)19-5-7-23-20(12-19)26(38)36(15-30-23)14-24(37)33(3)18-4-6-21(28)22(29)13-18/h4-7,12-13,15H,8-11,14H2,1-3H3,(H,31,39). The van der Waals surface area contributed by atoms with E-state index in [9.17, 15) is 14.4 Å². The number of carbonyl (C=O) groups excluding carboxylic acids is 2. The van der Waals surface area contributed by atoms with E-state index in [1.165, 1.54) is 15.8 Å². The molecule has 4 aromatic rings. The van der Waals surface area contributed by atoms with Crippen LogP contribution in [-0.4, -0.2) is 64.8 Å². The molecule has 208 valence electrons. The minimum atomic E-state index is -0.319. The number of anilines is 3. The fraction of sp³-hybridized carbons (Fsp3) is 0.296. The number of hydrogen-bond acceptors (Lipinski definition) is 7. The van der Waals surface area contributed by atoms with Crippen molar-refractivity contribution < 1.29 is 14.1 Å². The van der Waals surface area contributed by atoms with Crippen molar-refractivity contribution in [2.75, 3.05) is 48.3 Å². The summed E-state index contributed by atoms with van der Waals surface area (Å²) < 4.78 is 6.41. The number of carbonyl (C=O) groups is 2. The van der Waals surface area contributed by atoms with Gasteiger partial charge in [0.2, 0.25) is 5.91 Å². The van der Waals surface area contributed by atoms with Gasteiger partial charge >= 0.3 is 6.03 Å². The van der Waals surface area contributed by atoms with Crippen molar-refractivity contribution in [1.29, 1.82) is 0 Å². The van der Waals surface area contributed by atoms with Gasteiger partial charge in [0.15, 0.2) is 5.76 Å². The number of rotatable bonds is 5. The lowest BCUT2D eigenvalue weighted by atomic mass is 10.2. The van der Waals surface area contributed by atoms with Crippen LogP contribution < -0.4 is 20.7 Å². The largest absolute Gasteiger partial charge is 0.368 e. The van der Waals surface area contributed by atoms with Crippen molar-refractivity contribution in [3.05, 3.63) is 74.6 Å². The van der Waals surface area contributed by atoms with Crippen molar-refractivity contribution in [2.45, 2.75) is 20.4 Å². The van der Waals surface area contributed by atoms with E-state index in [0.29, 0.717) is 70.0 Å². The smallest absolute Gasteiger partial charge is 0.322 e. The number of nitrogens with one attached hydrogen (secondary N) is 1. The third-order valence-corrected chi connectivity index (χ3v) is 7.71. The summed E-state index contributed by atoms with van der Waals surface area (Å²) in [4.78, 5) is 48.7. The molecule has 0 atom stereocenters. The Labute approximate surface area is 239 Å². The third-order valence-electron chi connectivity index (χ3n) is 6.98. The molecule has 2 aromatic heterocycles. The van der Waals surface area contributed by atoms with E-state index >= 15 is 0 Å². The highest BCUT2D eigenvalue weighted by Gasteiger charge is 2.24. The highest BCUT2D eigenvalue weighted by atomic mass is 35.5. The number of amides is 3. The first-order chi connectivity index (χ1) is 19.1. The van der Waals surface area contributed by atoms with Gasteiger partial charge in [-0.05, 0) is 50.2 Å². The number of likely N-dealkylation sites (N-methyl/N-ethyl adjacent to an activating group) is 1. The van der Waals surface area contributed by atoms with Crippen LogP contribution in [0.1, 0.15) is 11.5 Å². The number of benzene rings is 2. The molecule has 1 saturated heterocycles. The topological polar surface area (TPSA) is 117 Å². The SMILES string of the molecule is Cc1noc(C)c1NC(=O)N1CCN(c2ccc3ncn(CC(=O)N(C)c4ccc(Cl)c(Cl)c4)c(=O)c3c2)CC1. The first kappa shape index (κ1) is 27.5. The number of nitrogens with zero attached hydrogens (tertiary/aromatic N) is 6. The van der Waals surface area contributed by atoms with Crippen molar-refractivity contribution in [3.8, 4) is 0 Å². The Kier molecular flexibility index (Phi) is 7.68. The summed E-state index contributed by atoms with van der Waals surface area (Å²) in [6, 6.07) is 10.1. The highest BCUT2D eigenvalue weighted by molar-refractivity contribution is 6.42. The molecule has 1 aliphatic rings. The average molecular weight is 584 g/mol. The second kappa shape index (κ2) is 11.2. The molecule has 1 fully saturated rings. The van der Waals surface area contributed by atoms with Crippen LogP contribution in [-0.2, 0) is 11.3 Å². The van der Waals surface area contributed by atoms with Gasteiger partial charge in [-0.3, -0.25) is 14.2 Å². The summed E-state index contributed by atoms with van der Waals surface area (Å²) in [6.45, 7) is 5.50. The second-order valence-corrected chi connectivity index (χ2v) is 10.3. The van der Waals surface area contributed by atoms with Crippen LogP contribution in [0.2, 0.25) is 10.0 Å². The zero-order valence-corrected chi connectivity index (χ0v) is 23.7. The Morgan fingerprint density at radius 3 is 2.48 bits per heavy atom. The summed E-state index contributed by atoms with van der Waals surface area (Å²) in [5.74, 6) is 0.242. The molecule has 5 rings (SSSR count). The van der Waals surface area contributed by atoms with Gasteiger partial charge in [-0.1, -0.05) is 28.4 Å². The van der Waals surface area contributed by atoms with E-state index in [1.807, 2.05) is 6.07 Å². The zero-order chi connectivity index (χ0) is 28.6. The van der Waals surface area contributed by atoms with E-state index in [4.69, 9.17) is 27.7 Å². The van der Waals surface area contributed by atoms with Crippen LogP contribution in [0.5, 0.6) is 0 Å². The third kappa shape index (κ3) is 5.47. The van der Waals surface area contributed by atoms with Crippen molar-refractivity contribution in [1.82, 2.24) is 19.6 Å². The molecular formula is C27H27Cl2N7O4. The molecule has 0 radical (unpaired) electrons. The van der Waals surface area contributed by atoms with E-state index in [0.717, 1.165) is 5.69 Å². The number of halogens is 2. The lowest BCUT2D eigenvalue weighted by molar-refractivity contribution is -0.118. The molecule has 0 bridgehead atoms. The lowest BCUT2D eigenvalue weighted by Gasteiger charge is -2.36. The second-order valence-electron chi connectivity index (χ2n) is 9.53. The zero-order valence-electron chi connectivity index (χ0n) is 22.1. The Morgan fingerprint density at radius 2 is 1.80 bits per heavy atom.